The number of fused-ring (bicyclic) bond motifs is 3. The van der Waals surface area contributed by atoms with Crippen LogP contribution in [0.3, 0.4) is 0 Å². The highest BCUT2D eigenvalue weighted by Gasteiger charge is 2.28. The number of nitrogens with zero attached hydrogens (tertiary/aromatic N) is 1. The van der Waals surface area contributed by atoms with E-state index in [1.165, 1.54) is 0 Å². The van der Waals surface area contributed by atoms with Crippen LogP contribution in [0.15, 0.2) is 54.1 Å². The van der Waals surface area contributed by atoms with E-state index in [1.807, 2.05) is 56.3 Å². The van der Waals surface area contributed by atoms with Crippen LogP contribution < -0.4 is 4.90 Å². The summed E-state index contributed by atoms with van der Waals surface area (Å²) < 4.78 is 5.22. The van der Waals surface area contributed by atoms with E-state index in [0.717, 1.165) is 45.1 Å². The van der Waals surface area contributed by atoms with Crippen molar-refractivity contribution >= 4 is 28.4 Å². The van der Waals surface area contributed by atoms with E-state index < -0.39 is 0 Å². The normalized spacial score (nSPS) is 13.8. The quantitative estimate of drug-likeness (QED) is 0.642. The molecular weight excluding hydrogens is 362 g/mol. The van der Waals surface area contributed by atoms with Gasteiger partial charge in [0.15, 0.2) is 0 Å². The summed E-state index contributed by atoms with van der Waals surface area (Å²) in [5.74, 6) is 0.179. The van der Waals surface area contributed by atoms with E-state index in [2.05, 4.69) is 6.07 Å². The molecule has 1 amide bonds. The second-order valence-corrected chi connectivity index (χ2v) is 7.60. The molecule has 0 saturated heterocycles. The molecule has 0 aromatic heterocycles. The molecule has 3 aromatic rings. The van der Waals surface area contributed by atoms with Gasteiger partial charge in [-0.25, -0.2) is 0 Å². The fourth-order valence-electron chi connectivity index (χ4n) is 4.07. The van der Waals surface area contributed by atoms with Crippen molar-refractivity contribution in [3.05, 3.63) is 76.4 Å². The van der Waals surface area contributed by atoms with Gasteiger partial charge >= 0.3 is 0 Å². The molecule has 0 fully saturated rings. The Hall–Kier alpha value is -3.11. The number of hydrogen-bond donors (Lipinski definition) is 1. The minimum absolute atomic E-state index is 0.0324. The molecule has 4 rings (SSSR count). The summed E-state index contributed by atoms with van der Waals surface area (Å²) in [7, 11) is 1.67. The highest BCUT2D eigenvalue weighted by atomic mass is 16.5. The molecule has 0 atom stereocenters. The van der Waals surface area contributed by atoms with Gasteiger partial charge in [0.05, 0.1) is 12.3 Å². The Morgan fingerprint density at radius 2 is 1.93 bits per heavy atom. The summed E-state index contributed by atoms with van der Waals surface area (Å²) in [6.45, 7) is 5.05. The van der Waals surface area contributed by atoms with Gasteiger partial charge in [-0.15, -0.1) is 0 Å². The van der Waals surface area contributed by atoms with Gasteiger partial charge in [-0.2, -0.15) is 0 Å². The molecular formula is C25H25NO3. The van der Waals surface area contributed by atoms with Crippen molar-refractivity contribution in [1.82, 2.24) is 0 Å². The summed E-state index contributed by atoms with van der Waals surface area (Å²) >= 11 is 0. The molecule has 0 radical (unpaired) electrons. The lowest BCUT2D eigenvalue weighted by Crippen LogP contribution is -2.29. The molecule has 1 heterocycles. The summed E-state index contributed by atoms with van der Waals surface area (Å²) in [6, 6.07) is 15.7. The number of hydrogen-bond acceptors (Lipinski definition) is 3. The predicted molar refractivity (Wildman–Crippen MR) is 117 cm³/mol. The van der Waals surface area contributed by atoms with Gasteiger partial charge in [0.2, 0.25) is 0 Å². The maximum Gasteiger partial charge on any atom is 0.253 e. The average molecular weight is 387 g/mol. The number of carbonyl (C=O) groups excluding carboxylic acids is 1. The van der Waals surface area contributed by atoms with Gasteiger partial charge in [-0.3, -0.25) is 4.79 Å². The highest BCUT2D eigenvalue weighted by molar-refractivity contribution is 6.11. The Kier molecular flexibility index (Phi) is 5.12. The van der Waals surface area contributed by atoms with Crippen molar-refractivity contribution in [2.24, 2.45) is 0 Å². The van der Waals surface area contributed by atoms with Crippen molar-refractivity contribution in [3.63, 3.8) is 0 Å². The van der Waals surface area contributed by atoms with Crippen LogP contribution in [-0.4, -0.2) is 24.7 Å². The number of phenolic OH excluding ortho intramolecular Hbond substituents is 1. The lowest BCUT2D eigenvalue weighted by molar-refractivity contribution is -0.114. The second-order valence-electron chi connectivity index (χ2n) is 7.60. The zero-order chi connectivity index (χ0) is 20.5. The maximum atomic E-state index is 13.2. The van der Waals surface area contributed by atoms with Crippen LogP contribution in [0, 0.1) is 6.92 Å². The zero-order valence-corrected chi connectivity index (χ0v) is 17.0. The van der Waals surface area contributed by atoms with E-state index in [-0.39, 0.29) is 11.7 Å². The molecule has 1 aliphatic rings. The SMILES string of the molecule is COCc1ccc(C)c(/C=C(\C)C(=O)N2CCc3c2cc(O)c2ccccc32)c1. The zero-order valence-electron chi connectivity index (χ0n) is 17.0. The third-order valence-electron chi connectivity index (χ3n) is 5.60. The maximum absolute atomic E-state index is 13.2. The van der Waals surface area contributed by atoms with Crippen molar-refractivity contribution in [2.75, 3.05) is 18.6 Å². The number of ether oxygens (including phenoxy) is 1. The Labute approximate surface area is 171 Å². The molecule has 0 aliphatic carbocycles. The lowest BCUT2D eigenvalue weighted by Gasteiger charge is -2.19. The van der Waals surface area contributed by atoms with E-state index in [1.54, 1.807) is 18.1 Å². The van der Waals surface area contributed by atoms with Gasteiger partial charge < -0.3 is 14.7 Å². The molecule has 0 unspecified atom stereocenters. The fraction of sp³-hybridized carbons (Fsp3) is 0.240. The van der Waals surface area contributed by atoms with Gasteiger partial charge in [0.1, 0.15) is 5.75 Å². The first kappa shape index (κ1) is 19.2. The first-order valence-electron chi connectivity index (χ1n) is 9.82. The molecule has 0 saturated carbocycles. The Morgan fingerprint density at radius 3 is 2.69 bits per heavy atom. The van der Waals surface area contributed by atoms with E-state index in [0.29, 0.717) is 18.7 Å². The van der Waals surface area contributed by atoms with Crippen LogP contribution in [0.2, 0.25) is 0 Å². The Bertz CT molecular complexity index is 1130. The number of benzene rings is 3. The van der Waals surface area contributed by atoms with Crippen LogP contribution in [0.1, 0.15) is 29.2 Å². The van der Waals surface area contributed by atoms with Crippen molar-refractivity contribution in [3.8, 4) is 5.75 Å². The third kappa shape index (κ3) is 3.52. The Balaban J connectivity index is 1.69. The first-order valence-corrected chi connectivity index (χ1v) is 9.82. The van der Waals surface area contributed by atoms with E-state index in [4.69, 9.17) is 4.74 Å². The molecule has 148 valence electrons. The highest BCUT2D eigenvalue weighted by Crippen LogP contribution is 2.40. The number of phenols is 1. The number of amides is 1. The molecule has 0 bridgehead atoms. The van der Waals surface area contributed by atoms with Gasteiger partial charge in [0.25, 0.3) is 5.91 Å². The summed E-state index contributed by atoms with van der Waals surface area (Å²) in [5.41, 5.74) is 5.81. The molecule has 0 spiro atoms. The van der Waals surface area contributed by atoms with Crippen LogP contribution in [0.4, 0.5) is 5.69 Å². The molecule has 3 aromatic carbocycles. The minimum Gasteiger partial charge on any atom is -0.507 e. The topological polar surface area (TPSA) is 49.8 Å². The van der Waals surface area contributed by atoms with Crippen molar-refractivity contribution in [2.45, 2.75) is 26.9 Å². The summed E-state index contributed by atoms with van der Waals surface area (Å²) in [6.07, 6.45) is 2.73. The number of aromatic hydroxyl groups is 1. The number of rotatable bonds is 4. The van der Waals surface area contributed by atoms with Crippen molar-refractivity contribution < 1.29 is 14.6 Å². The van der Waals surface area contributed by atoms with E-state index >= 15 is 0 Å². The molecule has 1 aliphatic heterocycles. The van der Waals surface area contributed by atoms with Crippen LogP contribution in [0.5, 0.6) is 5.75 Å². The third-order valence-corrected chi connectivity index (χ3v) is 5.60. The van der Waals surface area contributed by atoms with Gasteiger partial charge in [-0.1, -0.05) is 36.4 Å². The van der Waals surface area contributed by atoms with Crippen LogP contribution in [0.25, 0.3) is 16.8 Å². The lowest BCUT2D eigenvalue weighted by atomic mass is 10.0. The van der Waals surface area contributed by atoms with Crippen molar-refractivity contribution in [1.29, 1.82) is 0 Å². The van der Waals surface area contributed by atoms with Crippen LogP contribution >= 0.6 is 0 Å². The number of aryl methyl sites for hydroxylation is 1. The predicted octanol–water partition coefficient (Wildman–Crippen LogP) is 4.99. The minimum atomic E-state index is -0.0324. The monoisotopic (exact) mass is 387 g/mol. The summed E-state index contributed by atoms with van der Waals surface area (Å²) in [5, 5.41) is 12.3. The van der Waals surface area contributed by atoms with Gasteiger partial charge in [-0.05, 0) is 60.1 Å². The standard InChI is InChI=1S/C25H25NO3/c1-16-8-9-18(15-29-3)13-19(16)12-17(2)25(28)26-11-10-21-20-6-4-5-7-22(20)24(27)14-23(21)26/h4-9,12-14,27H,10-11,15H2,1-3H3/b17-12+. The summed E-state index contributed by atoms with van der Waals surface area (Å²) in [4.78, 5) is 15.0. The number of carbonyl (C=O) groups is 1. The van der Waals surface area contributed by atoms with E-state index in [9.17, 15) is 9.90 Å². The molecule has 29 heavy (non-hydrogen) atoms. The Morgan fingerprint density at radius 1 is 1.17 bits per heavy atom. The average Bonchev–Trinajstić information content (AvgIpc) is 3.14. The number of methoxy groups -OCH3 is 1. The first-order chi connectivity index (χ1) is 14.0. The fourth-order valence-corrected chi connectivity index (χ4v) is 4.07. The molecule has 4 nitrogen and oxygen atoms in total. The largest absolute Gasteiger partial charge is 0.507 e. The molecule has 4 heteroatoms. The number of anilines is 1. The smallest absolute Gasteiger partial charge is 0.253 e. The van der Waals surface area contributed by atoms with Gasteiger partial charge in [0, 0.05) is 30.7 Å². The molecule has 1 N–H and O–H groups in total. The van der Waals surface area contributed by atoms with Crippen LogP contribution in [-0.2, 0) is 22.6 Å². The second kappa shape index (κ2) is 7.72.